The van der Waals surface area contributed by atoms with E-state index in [0.29, 0.717) is 25.8 Å². The van der Waals surface area contributed by atoms with E-state index in [1.165, 1.54) is 0 Å². The van der Waals surface area contributed by atoms with Crippen molar-refractivity contribution in [2.45, 2.75) is 173 Å². The summed E-state index contributed by atoms with van der Waals surface area (Å²) < 4.78 is 56.3. The molecule has 0 saturated carbocycles. The molecule has 18 N–H and O–H groups in total. The van der Waals surface area contributed by atoms with Crippen LogP contribution >= 0.6 is 0 Å². The van der Waals surface area contributed by atoms with Crippen molar-refractivity contribution in [3.63, 3.8) is 0 Å². The number of hydrogen-bond acceptors (Lipinski definition) is 27. The number of rotatable bonds is 19. The average Bonchev–Trinajstić information content (AvgIpc) is 3.26. The van der Waals surface area contributed by atoms with Crippen molar-refractivity contribution >= 4 is 5.97 Å². The molecular formula is C35H61NO27. The summed E-state index contributed by atoms with van der Waals surface area (Å²) in [5.74, 6) is -1.83. The Hall–Kier alpha value is -1.57. The van der Waals surface area contributed by atoms with E-state index in [1.54, 1.807) is 0 Å². The molecule has 5 aliphatic rings. The molecule has 0 aliphatic carbocycles. The van der Waals surface area contributed by atoms with Crippen molar-refractivity contribution in [3.05, 3.63) is 0 Å². The van der Waals surface area contributed by atoms with Crippen LogP contribution in [-0.2, 0) is 52.2 Å². The minimum absolute atomic E-state index is 0.0722. The Bertz CT molecular complexity index is 1390. The molecule has 0 amide bonds. The highest BCUT2D eigenvalue weighted by Crippen LogP contribution is 2.37. The van der Waals surface area contributed by atoms with Crippen LogP contribution in [0.3, 0.4) is 0 Å². The first kappa shape index (κ1) is 52.4. The summed E-state index contributed by atoms with van der Waals surface area (Å²) in [5.41, 5.74) is 5.50. The van der Waals surface area contributed by atoms with Crippen LogP contribution in [0, 0.1) is 0 Å². The average molecular weight is 928 g/mol. The van der Waals surface area contributed by atoms with Crippen LogP contribution in [0.2, 0.25) is 0 Å². The molecule has 28 nitrogen and oxygen atoms in total. The molecule has 28 heteroatoms. The molecule has 0 aromatic heterocycles. The topological polar surface area (TPSA) is 459 Å². The number of ether oxygens (including phenoxy) is 10. The van der Waals surface area contributed by atoms with Gasteiger partial charge in [0.1, 0.15) is 116 Å². The quantitative estimate of drug-likeness (QED) is 0.0535. The molecule has 5 saturated heterocycles. The van der Waals surface area contributed by atoms with Crippen LogP contribution < -0.4 is 5.73 Å². The monoisotopic (exact) mass is 927 g/mol. The zero-order valence-corrected chi connectivity index (χ0v) is 33.5. The molecule has 5 fully saturated rings. The minimum Gasteiger partial charge on any atom is -0.479 e. The lowest BCUT2D eigenvalue weighted by Gasteiger charge is -2.50. The summed E-state index contributed by atoms with van der Waals surface area (Å²) in [7, 11) is 0. The Morgan fingerprint density at radius 1 is 0.413 bits per heavy atom. The summed E-state index contributed by atoms with van der Waals surface area (Å²) in [5, 5.41) is 169. The molecule has 0 unspecified atom stereocenters. The second-order valence-electron chi connectivity index (χ2n) is 15.7. The van der Waals surface area contributed by atoms with Crippen LogP contribution in [0.5, 0.6) is 0 Å². The number of hydrogen-bond donors (Lipinski definition) is 17. The van der Waals surface area contributed by atoms with Crippen LogP contribution in [0.4, 0.5) is 0 Å². The number of aliphatic carboxylic acids is 1. The van der Waals surface area contributed by atoms with Crippen LogP contribution in [0.15, 0.2) is 0 Å². The fraction of sp³-hybridized carbons (Fsp3) is 0.971. The molecule has 5 aliphatic heterocycles. The highest BCUT2D eigenvalue weighted by molar-refractivity contribution is 5.73. The first-order valence-corrected chi connectivity index (χ1v) is 20.3. The largest absolute Gasteiger partial charge is 0.479 e. The summed E-state index contributed by atoms with van der Waals surface area (Å²) in [4.78, 5) is 11.9. The molecule has 0 aromatic rings. The zero-order valence-electron chi connectivity index (χ0n) is 33.5. The third kappa shape index (κ3) is 11.6. The van der Waals surface area contributed by atoms with Gasteiger partial charge in [0.15, 0.2) is 37.6 Å². The minimum atomic E-state index is -2.28. The molecule has 5 heterocycles. The predicted octanol–water partition coefficient (Wildman–Crippen LogP) is -10.7. The van der Waals surface area contributed by atoms with E-state index in [0.717, 1.165) is 0 Å². The number of aliphatic hydroxyl groups is 15. The van der Waals surface area contributed by atoms with Gasteiger partial charge >= 0.3 is 5.97 Å². The van der Waals surface area contributed by atoms with Gasteiger partial charge < -0.3 is 135 Å². The molecule has 0 bridgehead atoms. The van der Waals surface area contributed by atoms with Gasteiger partial charge in [-0.3, -0.25) is 0 Å². The summed E-state index contributed by atoms with van der Waals surface area (Å²) in [6.07, 6.45) is -47.2. The van der Waals surface area contributed by atoms with Crippen LogP contribution in [0.25, 0.3) is 0 Å². The standard InChI is InChI=1S/C35H61NO27/c36-4-2-1-3-5-54-31-22(49)19(46)25(12(8-39)57-31)59-35-24(51)28(62-33-21(48)17(44)18(45)29(63-33)30(52)53)26(13(9-40)58-35)60-34-23(50)27(15(42)11(7-38)56-34)61-32-20(47)16(43)14(41)10(6-37)55-32/h10-29,31-35,37-51H,1-9,36H2,(H,52,53)/t10-,11-,12-,13-,14-,15-,16+,17+,18+,19-,20-,21-,22-,23-,24+,25-,26-,27+,28-,29+,31+,32-,33+,34+,35+/m1/s1. The molecule has 0 aromatic carbocycles. The van der Waals surface area contributed by atoms with Crippen molar-refractivity contribution in [2.75, 3.05) is 39.6 Å². The van der Waals surface area contributed by atoms with Crippen molar-refractivity contribution in [1.82, 2.24) is 0 Å². The molecule has 63 heavy (non-hydrogen) atoms. The molecule has 5 rings (SSSR count). The number of unbranched alkanes of at least 4 members (excludes halogenated alkanes) is 2. The summed E-state index contributed by atoms with van der Waals surface area (Å²) in [6.45, 7) is -3.33. The van der Waals surface area contributed by atoms with Gasteiger partial charge in [-0.15, -0.1) is 0 Å². The number of aliphatic hydroxyl groups excluding tert-OH is 15. The first-order chi connectivity index (χ1) is 29.9. The number of nitrogens with two attached hydrogens (primary N) is 1. The summed E-state index contributed by atoms with van der Waals surface area (Å²) in [6, 6.07) is 0. The SMILES string of the molecule is NCCCCCO[C@H]1O[C@H](CO)[C@@H](O[C@@H]2O[C@H](CO)[C@@H](O[C@@H]3O[C@H](CO)[C@@H](O)[C@H](O[C@H]4O[C@H](CO)[C@@H](O)[C@H](O)[C@H]4O)[C@H]3O)[C@H](O[C@H]3O[C@H](C(=O)O)[C@@H](O)[C@H](O)[C@H]3O)[C@@H]2O)[C@H](O)[C@H]1O. The van der Waals surface area contributed by atoms with Gasteiger partial charge in [0.2, 0.25) is 0 Å². The maximum Gasteiger partial charge on any atom is 0.335 e. The third-order valence-corrected chi connectivity index (χ3v) is 11.4. The Morgan fingerprint density at radius 3 is 1.41 bits per heavy atom. The first-order valence-electron chi connectivity index (χ1n) is 20.3. The fourth-order valence-electron chi connectivity index (χ4n) is 7.74. The molecular weight excluding hydrogens is 866 g/mol. The van der Waals surface area contributed by atoms with E-state index in [-0.39, 0.29) is 6.61 Å². The van der Waals surface area contributed by atoms with Gasteiger partial charge in [-0.2, -0.15) is 0 Å². The molecule has 0 spiro atoms. The van der Waals surface area contributed by atoms with Gasteiger partial charge in [0, 0.05) is 6.61 Å². The Kier molecular flexibility index (Phi) is 19.5. The Labute approximate surface area is 357 Å². The summed E-state index contributed by atoms with van der Waals surface area (Å²) >= 11 is 0. The van der Waals surface area contributed by atoms with Gasteiger partial charge in [-0.25, -0.2) is 4.79 Å². The van der Waals surface area contributed by atoms with E-state index in [4.69, 9.17) is 53.1 Å². The van der Waals surface area contributed by atoms with Gasteiger partial charge in [0.25, 0.3) is 0 Å². The maximum absolute atomic E-state index is 11.9. The molecule has 25 atom stereocenters. The van der Waals surface area contributed by atoms with Crippen molar-refractivity contribution < 1.29 is 134 Å². The van der Waals surface area contributed by atoms with Gasteiger partial charge in [-0.1, -0.05) is 0 Å². The lowest BCUT2D eigenvalue weighted by atomic mass is 9.95. The fourth-order valence-corrected chi connectivity index (χ4v) is 7.74. The predicted molar refractivity (Wildman–Crippen MR) is 194 cm³/mol. The van der Waals surface area contributed by atoms with E-state index in [9.17, 15) is 86.5 Å². The smallest absolute Gasteiger partial charge is 0.335 e. The molecule has 368 valence electrons. The Balaban J connectivity index is 1.42. The highest BCUT2D eigenvalue weighted by atomic mass is 16.8. The lowest BCUT2D eigenvalue weighted by Crippen LogP contribution is -2.69. The second-order valence-corrected chi connectivity index (χ2v) is 15.7. The number of carboxylic acids is 1. The van der Waals surface area contributed by atoms with Gasteiger partial charge in [-0.05, 0) is 25.8 Å². The number of carbonyl (C=O) groups is 1. The van der Waals surface area contributed by atoms with E-state index < -0.39 is 186 Å². The van der Waals surface area contributed by atoms with Gasteiger partial charge in [0.05, 0.1) is 26.4 Å². The lowest BCUT2D eigenvalue weighted by molar-refractivity contribution is -0.403. The normalized spacial score (nSPS) is 48.5. The van der Waals surface area contributed by atoms with E-state index in [1.807, 2.05) is 0 Å². The van der Waals surface area contributed by atoms with E-state index >= 15 is 0 Å². The number of carboxylic acid groups (broad SMARTS) is 1. The highest BCUT2D eigenvalue weighted by Gasteiger charge is 2.58. The second kappa shape index (κ2) is 23.4. The van der Waals surface area contributed by atoms with E-state index in [2.05, 4.69) is 0 Å². The zero-order chi connectivity index (χ0) is 46.4. The maximum atomic E-state index is 11.9. The van der Waals surface area contributed by atoms with Crippen molar-refractivity contribution in [2.24, 2.45) is 5.73 Å². The Morgan fingerprint density at radius 2 is 0.841 bits per heavy atom. The molecule has 0 radical (unpaired) electrons. The van der Waals surface area contributed by atoms with Crippen molar-refractivity contribution in [1.29, 1.82) is 0 Å². The van der Waals surface area contributed by atoms with Crippen molar-refractivity contribution in [3.8, 4) is 0 Å². The van der Waals surface area contributed by atoms with Crippen LogP contribution in [0.1, 0.15) is 19.3 Å². The van der Waals surface area contributed by atoms with Crippen LogP contribution in [-0.4, -0.2) is 281 Å². The third-order valence-electron chi connectivity index (χ3n) is 11.4.